The van der Waals surface area contributed by atoms with Crippen molar-refractivity contribution in [3.05, 3.63) is 65.9 Å². The molecule has 0 spiro atoms. The Morgan fingerprint density at radius 1 is 1.03 bits per heavy atom. The van der Waals surface area contributed by atoms with E-state index in [1.807, 2.05) is 67.9 Å². The highest BCUT2D eigenvalue weighted by molar-refractivity contribution is 5.96. The number of amides is 1. The second-order valence-corrected chi connectivity index (χ2v) is 7.93. The Morgan fingerprint density at radius 3 is 2.45 bits per heavy atom. The molecule has 0 aliphatic heterocycles. The molecule has 152 valence electrons. The van der Waals surface area contributed by atoms with Crippen LogP contribution in [-0.4, -0.2) is 27.2 Å². The number of aliphatic hydroxyl groups is 1. The van der Waals surface area contributed by atoms with E-state index in [4.69, 9.17) is 4.74 Å². The highest BCUT2D eigenvalue weighted by atomic mass is 16.6. The van der Waals surface area contributed by atoms with Crippen LogP contribution in [0.25, 0.3) is 10.9 Å². The van der Waals surface area contributed by atoms with Crippen LogP contribution in [0.15, 0.2) is 54.7 Å². The number of ether oxygens (including phenoxy) is 1. The van der Waals surface area contributed by atoms with Crippen molar-refractivity contribution in [3.8, 4) is 0 Å². The number of carbonyl (C=O) groups is 2. The number of rotatable bonds is 6. The molecule has 3 rings (SSSR count). The molecule has 6 nitrogen and oxygen atoms in total. The van der Waals surface area contributed by atoms with Crippen LogP contribution in [-0.2, 0) is 33.9 Å². The zero-order valence-electron chi connectivity index (χ0n) is 16.9. The Bertz CT molecular complexity index is 1030. The third-order valence-electron chi connectivity index (χ3n) is 4.40. The summed E-state index contributed by atoms with van der Waals surface area (Å²) in [7, 11) is 0. The lowest BCUT2D eigenvalue weighted by molar-refractivity contribution is -0.155. The first-order valence-electron chi connectivity index (χ1n) is 9.54. The van der Waals surface area contributed by atoms with Crippen LogP contribution in [0, 0.1) is 0 Å². The number of benzene rings is 2. The number of nitrogens with zero attached hydrogens (tertiary/aromatic N) is 1. The average Bonchev–Trinajstić information content (AvgIpc) is 2.98. The Balaban J connectivity index is 1.81. The molecule has 0 radical (unpaired) electrons. The second kappa shape index (κ2) is 8.49. The predicted molar refractivity (Wildman–Crippen MR) is 112 cm³/mol. The molecular formula is C23H26N2O4. The number of nitrogens with one attached hydrogen (secondary N) is 1. The molecule has 3 aromatic rings. The van der Waals surface area contributed by atoms with Gasteiger partial charge in [0.25, 0.3) is 0 Å². The molecular weight excluding hydrogens is 368 g/mol. The number of aromatic nitrogens is 1. The third kappa shape index (κ3) is 5.23. The van der Waals surface area contributed by atoms with Crippen LogP contribution in [0.2, 0.25) is 0 Å². The number of carbonyl (C=O) groups excluding carboxylic acids is 2. The van der Waals surface area contributed by atoms with E-state index in [2.05, 4.69) is 5.32 Å². The summed E-state index contributed by atoms with van der Waals surface area (Å²) in [6.07, 6.45) is 1.98. The van der Waals surface area contributed by atoms with Gasteiger partial charge < -0.3 is 19.7 Å². The fourth-order valence-electron chi connectivity index (χ4n) is 3.25. The van der Waals surface area contributed by atoms with Crippen molar-refractivity contribution >= 4 is 28.5 Å². The van der Waals surface area contributed by atoms with Gasteiger partial charge in [0.1, 0.15) is 12.1 Å². The van der Waals surface area contributed by atoms with Crippen LogP contribution in [0.5, 0.6) is 0 Å². The van der Waals surface area contributed by atoms with Crippen molar-refractivity contribution in [1.82, 2.24) is 4.57 Å². The minimum Gasteiger partial charge on any atom is -0.459 e. The van der Waals surface area contributed by atoms with Gasteiger partial charge in [0.15, 0.2) is 0 Å². The molecule has 1 heterocycles. The molecule has 2 N–H and O–H groups in total. The van der Waals surface area contributed by atoms with Crippen molar-refractivity contribution in [1.29, 1.82) is 0 Å². The Hall–Kier alpha value is -3.12. The monoisotopic (exact) mass is 394 g/mol. The van der Waals surface area contributed by atoms with Gasteiger partial charge in [0, 0.05) is 28.4 Å². The minimum absolute atomic E-state index is 0.0761. The van der Waals surface area contributed by atoms with E-state index >= 15 is 0 Å². The number of hydrogen-bond acceptors (Lipinski definition) is 4. The number of para-hydroxylation sites is 2. The SMILES string of the molecule is CC(C)(C)OC(=O)Cn1cc(CC(=O)Nc2ccccc2CO)c2ccccc21. The fourth-order valence-corrected chi connectivity index (χ4v) is 3.25. The van der Waals surface area contributed by atoms with E-state index in [1.165, 1.54) is 0 Å². The Kier molecular flexibility index (Phi) is 6.03. The molecule has 29 heavy (non-hydrogen) atoms. The van der Waals surface area contributed by atoms with E-state index < -0.39 is 5.60 Å². The molecule has 0 saturated heterocycles. The molecule has 0 unspecified atom stereocenters. The molecule has 0 atom stereocenters. The van der Waals surface area contributed by atoms with E-state index in [0.717, 1.165) is 16.5 Å². The van der Waals surface area contributed by atoms with Gasteiger partial charge in [0.2, 0.25) is 5.91 Å². The summed E-state index contributed by atoms with van der Waals surface area (Å²) in [5.41, 5.74) is 2.40. The van der Waals surface area contributed by atoms with Gasteiger partial charge in [0.05, 0.1) is 13.0 Å². The zero-order valence-corrected chi connectivity index (χ0v) is 16.9. The van der Waals surface area contributed by atoms with Crippen LogP contribution in [0.1, 0.15) is 31.9 Å². The smallest absolute Gasteiger partial charge is 0.326 e. The maximum atomic E-state index is 12.6. The van der Waals surface area contributed by atoms with Gasteiger partial charge in [-0.3, -0.25) is 9.59 Å². The summed E-state index contributed by atoms with van der Waals surface area (Å²) in [5, 5.41) is 13.2. The minimum atomic E-state index is -0.553. The van der Waals surface area contributed by atoms with E-state index in [0.29, 0.717) is 11.3 Å². The number of fused-ring (bicyclic) bond motifs is 1. The molecule has 0 saturated carbocycles. The number of esters is 1. The van der Waals surface area contributed by atoms with Gasteiger partial charge >= 0.3 is 5.97 Å². The molecule has 0 aliphatic rings. The van der Waals surface area contributed by atoms with Crippen molar-refractivity contribution in [3.63, 3.8) is 0 Å². The van der Waals surface area contributed by atoms with Crippen molar-refractivity contribution in [2.24, 2.45) is 0 Å². The lowest BCUT2D eigenvalue weighted by atomic mass is 10.1. The molecule has 0 aliphatic carbocycles. The molecule has 1 amide bonds. The summed E-state index contributed by atoms with van der Waals surface area (Å²) in [6.45, 7) is 5.42. The average molecular weight is 394 g/mol. The number of anilines is 1. The number of aliphatic hydroxyl groups excluding tert-OH is 1. The highest BCUT2D eigenvalue weighted by Crippen LogP contribution is 2.23. The summed E-state index contributed by atoms with van der Waals surface area (Å²) >= 11 is 0. The summed E-state index contributed by atoms with van der Waals surface area (Å²) < 4.78 is 7.24. The lowest BCUT2D eigenvalue weighted by Crippen LogP contribution is -2.26. The number of hydrogen-bond donors (Lipinski definition) is 2. The maximum Gasteiger partial charge on any atom is 0.326 e. The first kappa shape index (κ1) is 20.6. The molecule has 0 bridgehead atoms. The molecule has 0 fully saturated rings. The quantitative estimate of drug-likeness (QED) is 0.626. The molecule has 1 aromatic heterocycles. The van der Waals surface area contributed by atoms with Gasteiger partial charge in [-0.1, -0.05) is 36.4 Å². The van der Waals surface area contributed by atoms with Crippen molar-refractivity contribution in [2.75, 3.05) is 5.32 Å². The lowest BCUT2D eigenvalue weighted by Gasteiger charge is -2.19. The normalized spacial score (nSPS) is 11.4. The van der Waals surface area contributed by atoms with Gasteiger partial charge in [-0.2, -0.15) is 0 Å². The first-order chi connectivity index (χ1) is 13.8. The molecule has 2 aromatic carbocycles. The highest BCUT2D eigenvalue weighted by Gasteiger charge is 2.19. The van der Waals surface area contributed by atoms with Crippen LogP contribution < -0.4 is 5.32 Å². The largest absolute Gasteiger partial charge is 0.459 e. The zero-order chi connectivity index (χ0) is 21.0. The van der Waals surface area contributed by atoms with Crippen LogP contribution >= 0.6 is 0 Å². The van der Waals surface area contributed by atoms with E-state index in [9.17, 15) is 14.7 Å². The topological polar surface area (TPSA) is 80.6 Å². The summed E-state index contributed by atoms with van der Waals surface area (Å²) in [5.74, 6) is -0.516. The second-order valence-electron chi connectivity index (χ2n) is 7.93. The first-order valence-corrected chi connectivity index (χ1v) is 9.54. The van der Waals surface area contributed by atoms with Gasteiger partial charge in [-0.05, 0) is 38.5 Å². The van der Waals surface area contributed by atoms with Crippen LogP contribution in [0.4, 0.5) is 5.69 Å². The van der Waals surface area contributed by atoms with Crippen molar-refractivity contribution in [2.45, 2.75) is 45.9 Å². The van der Waals surface area contributed by atoms with E-state index in [-0.39, 0.29) is 31.4 Å². The third-order valence-corrected chi connectivity index (χ3v) is 4.40. The van der Waals surface area contributed by atoms with Crippen LogP contribution in [0.3, 0.4) is 0 Å². The van der Waals surface area contributed by atoms with Crippen molar-refractivity contribution < 1.29 is 19.4 Å². The fraction of sp³-hybridized carbons (Fsp3) is 0.304. The summed E-state index contributed by atoms with van der Waals surface area (Å²) in [4.78, 5) is 24.9. The van der Waals surface area contributed by atoms with E-state index in [1.54, 1.807) is 12.1 Å². The Labute approximate surface area is 170 Å². The van der Waals surface area contributed by atoms with Gasteiger partial charge in [-0.15, -0.1) is 0 Å². The maximum absolute atomic E-state index is 12.6. The molecule has 6 heteroatoms. The Morgan fingerprint density at radius 2 is 1.72 bits per heavy atom. The predicted octanol–water partition coefficient (Wildman–Crippen LogP) is 3.66. The standard InChI is InChI=1S/C23H26N2O4/c1-23(2,3)29-22(28)14-25-13-17(18-9-5-7-11-20(18)25)12-21(27)24-19-10-6-4-8-16(19)15-26/h4-11,13,26H,12,14-15H2,1-3H3,(H,24,27). The van der Waals surface area contributed by atoms with Gasteiger partial charge in [-0.25, -0.2) is 0 Å². The summed E-state index contributed by atoms with van der Waals surface area (Å²) in [6, 6.07) is 14.8.